The van der Waals surface area contributed by atoms with Gasteiger partial charge in [-0.2, -0.15) is 0 Å². The quantitative estimate of drug-likeness (QED) is 0.148. The number of benzene rings is 3. The summed E-state index contributed by atoms with van der Waals surface area (Å²) in [6.45, 7) is 10.6. The molecule has 0 radical (unpaired) electrons. The van der Waals surface area contributed by atoms with Crippen molar-refractivity contribution < 1.29 is 23.5 Å². The van der Waals surface area contributed by atoms with Gasteiger partial charge in [-0.05, 0) is 67.7 Å². The van der Waals surface area contributed by atoms with Crippen LogP contribution < -0.4 is 30.1 Å². The number of amides is 1. The largest absolute Gasteiger partial charge is 0.494 e. The molecule has 54 heavy (non-hydrogen) atoms. The number of hydroxylamine groups is 1. The first-order valence-electron chi connectivity index (χ1n) is 18.9. The Bertz CT molecular complexity index is 1960. The first kappa shape index (κ1) is 35.8. The minimum atomic E-state index is -0.359. The van der Waals surface area contributed by atoms with E-state index in [2.05, 4.69) is 41.9 Å². The van der Waals surface area contributed by atoms with E-state index in [1.165, 1.54) is 50.5 Å². The molecule has 0 unspecified atom stereocenters. The van der Waals surface area contributed by atoms with Crippen molar-refractivity contribution in [2.24, 2.45) is 0 Å². The Kier molecular flexibility index (Phi) is 10.6. The summed E-state index contributed by atoms with van der Waals surface area (Å²) < 4.78 is 25.6. The van der Waals surface area contributed by atoms with Gasteiger partial charge in [0.25, 0.3) is 0 Å². The number of carbonyl (C=O) groups excluding carboxylic acids is 1. The summed E-state index contributed by atoms with van der Waals surface area (Å²) in [5.74, 6) is 2.07. The minimum absolute atomic E-state index is 0.144. The first-order valence-corrected chi connectivity index (χ1v) is 18.9. The molecule has 3 saturated heterocycles. The van der Waals surface area contributed by atoms with Crippen LogP contribution in [0.15, 0.2) is 85.7 Å². The SMILES string of the molecule is C=CC(=O)Nc1cc(Nc2cc(N3OCC[C@@H]3c3cccc(Oc4cccc(F)c4)c3)ncn2)c(OC)cc1N1CCC(N2CCN(C3CC3)CC2)CC1. The lowest BCUT2D eigenvalue weighted by molar-refractivity contribution is -0.111. The second-order valence-corrected chi connectivity index (χ2v) is 14.3. The van der Waals surface area contributed by atoms with Crippen molar-refractivity contribution in [3.05, 3.63) is 97.1 Å². The van der Waals surface area contributed by atoms with Crippen LogP contribution in [0.3, 0.4) is 0 Å². The maximum Gasteiger partial charge on any atom is 0.247 e. The Hall–Kier alpha value is -5.24. The van der Waals surface area contributed by atoms with Crippen LogP contribution in [0, 0.1) is 5.82 Å². The predicted octanol–water partition coefficient (Wildman–Crippen LogP) is 6.92. The summed E-state index contributed by atoms with van der Waals surface area (Å²) in [7, 11) is 1.64. The number of hydrogen-bond donors (Lipinski definition) is 2. The van der Waals surface area contributed by atoms with Crippen LogP contribution in [0.1, 0.15) is 43.7 Å². The maximum absolute atomic E-state index is 13.8. The Morgan fingerprint density at radius 2 is 1.59 bits per heavy atom. The summed E-state index contributed by atoms with van der Waals surface area (Å²) >= 11 is 0. The third-order valence-electron chi connectivity index (χ3n) is 10.8. The summed E-state index contributed by atoms with van der Waals surface area (Å²) in [6, 6.07) is 20.7. The highest BCUT2D eigenvalue weighted by Gasteiger charge is 2.34. The topological polar surface area (TPSA) is 108 Å². The van der Waals surface area contributed by atoms with E-state index in [-0.39, 0.29) is 17.8 Å². The van der Waals surface area contributed by atoms with E-state index in [9.17, 15) is 9.18 Å². The molecular weight excluding hydrogens is 688 g/mol. The number of hydrogen-bond acceptors (Lipinski definition) is 11. The van der Waals surface area contributed by atoms with Crippen LogP contribution in [0.5, 0.6) is 17.2 Å². The van der Waals surface area contributed by atoms with Crippen molar-refractivity contribution in [2.45, 2.75) is 50.2 Å². The number of ether oxygens (including phenoxy) is 2. The third-order valence-corrected chi connectivity index (χ3v) is 10.8. The average Bonchev–Trinajstić information content (AvgIpc) is 3.94. The van der Waals surface area contributed by atoms with Crippen LogP contribution in [-0.2, 0) is 9.63 Å². The Labute approximate surface area is 315 Å². The molecule has 4 aromatic rings. The standard InChI is InChI=1S/C41H47FN8O4/c1-3-41(51)46-34-24-35(38(52-2)25-37(34)49-15-12-31(13-16-49)48-19-17-47(18-20-48)30-10-11-30)45-39-26-40(44-27-43-39)50-36(14-21-53-50)28-6-4-8-32(22-28)54-33-9-5-7-29(42)23-33/h3-9,22-27,30-31,36H,1,10-21H2,2H3,(H,46,51)(H,43,44,45)/t36-/m1/s1. The number of piperazine rings is 1. The molecule has 1 atom stereocenters. The highest BCUT2D eigenvalue weighted by molar-refractivity contribution is 6.02. The van der Waals surface area contributed by atoms with E-state index < -0.39 is 0 Å². The van der Waals surface area contributed by atoms with E-state index in [1.807, 2.05) is 42.5 Å². The van der Waals surface area contributed by atoms with Gasteiger partial charge < -0.3 is 25.0 Å². The highest BCUT2D eigenvalue weighted by atomic mass is 19.1. The molecule has 0 spiro atoms. The van der Waals surface area contributed by atoms with Crippen LogP contribution in [0.2, 0.25) is 0 Å². The van der Waals surface area contributed by atoms with E-state index >= 15 is 0 Å². The summed E-state index contributed by atoms with van der Waals surface area (Å²) in [4.78, 5) is 35.5. The number of anilines is 5. The molecule has 4 aliphatic rings. The Morgan fingerprint density at radius 1 is 0.870 bits per heavy atom. The summed E-state index contributed by atoms with van der Waals surface area (Å²) in [5.41, 5.74) is 3.17. The second-order valence-electron chi connectivity index (χ2n) is 14.3. The molecule has 4 fully saturated rings. The number of piperidine rings is 1. The number of rotatable bonds is 12. The molecule has 1 aliphatic carbocycles. The number of methoxy groups -OCH3 is 1. The van der Waals surface area contributed by atoms with Crippen molar-refractivity contribution >= 4 is 34.6 Å². The third kappa shape index (κ3) is 8.13. The molecule has 2 N–H and O–H groups in total. The van der Waals surface area contributed by atoms with E-state index in [0.29, 0.717) is 52.9 Å². The smallest absolute Gasteiger partial charge is 0.247 e. The number of carbonyl (C=O) groups is 1. The summed E-state index contributed by atoms with van der Waals surface area (Å²) in [5, 5.41) is 8.21. The van der Waals surface area contributed by atoms with Crippen LogP contribution >= 0.6 is 0 Å². The van der Waals surface area contributed by atoms with Gasteiger partial charge >= 0.3 is 0 Å². The van der Waals surface area contributed by atoms with Gasteiger partial charge in [-0.3, -0.25) is 19.4 Å². The van der Waals surface area contributed by atoms with E-state index in [1.54, 1.807) is 24.3 Å². The molecule has 12 nitrogen and oxygen atoms in total. The van der Waals surface area contributed by atoms with Gasteiger partial charge in [0.1, 0.15) is 35.2 Å². The molecule has 1 saturated carbocycles. The fraction of sp³-hybridized carbons (Fsp3) is 0.390. The molecule has 8 rings (SSSR count). The minimum Gasteiger partial charge on any atom is -0.494 e. The molecule has 3 aromatic carbocycles. The van der Waals surface area contributed by atoms with Gasteiger partial charge in [0.05, 0.1) is 36.8 Å². The van der Waals surface area contributed by atoms with E-state index in [0.717, 1.165) is 62.7 Å². The zero-order valence-corrected chi connectivity index (χ0v) is 30.6. The zero-order valence-electron chi connectivity index (χ0n) is 30.6. The fourth-order valence-electron chi connectivity index (χ4n) is 7.88. The first-order chi connectivity index (χ1) is 26.4. The molecule has 4 heterocycles. The van der Waals surface area contributed by atoms with Gasteiger partial charge in [-0.25, -0.2) is 19.4 Å². The number of nitrogens with zero attached hydrogens (tertiary/aromatic N) is 6. The monoisotopic (exact) mass is 734 g/mol. The fourth-order valence-corrected chi connectivity index (χ4v) is 7.88. The van der Waals surface area contributed by atoms with Crippen LogP contribution in [0.25, 0.3) is 0 Å². The maximum atomic E-state index is 13.8. The molecule has 0 bridgehead atoms. The molecule has 1 aromatic heterocycles. The molecule has 3 aliphatic heterocycles. The van der Waals surface area contributed by atoms with Gasteiger partial charge in [0.2, 0.25) is 5.91 Å². The average molecular weight is 735 g/mol. The second kappa shape index (κ2) is 16.0. The number of aromatic nitrogens is 2. The number of halogens is 1. The molecular formula is C41H47FN8O4. The predicted molar refractivity (Wildman–Crippen MR) is 207 cm³/mol. The highest BCUT2D eigenvalue weighted by Crippen LogP contribution is 2.41. The Morgan fingerprint density at radius 3 is 2.30 bits per heavy atom. The van der Waals surface area contributed by atoms with Gasteiger partial charge in [-0.1, -0.05) is 24.8 Å². The zero-order chi connectivity index (χ0) is 37.0. The van der Waals surface area contributed by atoms with Crippen molar-refractivity contribution in [2.75, 3.05) is 73.6 Å². The lowest BCUT2D eigenvalue weighted by atomic mass is 10.0. The normalized spacial score (nSPS) is 19.8. The van der Waals surface area contributed by atoms with Gasteiger partial charge in [-0.15, -0.1) is 0 Å². The number of nitrogens with one attached hydrogen (secondary N) is 2. The van der Waals surface area contributed by atoms with Crippen molar-refractivity contribution in [1.82, 2.24) is 19.8 Å². The summed E-state index contributed by atoms with van der Waals surface area (Å²) in [6.07, 6.45) is 8.35. The van der Waals surface area contributed by atoms with Crippen molar-refractivity contribution in [3.8, 4) is 17.2 Å². The lowest BCUT2D eigenvalue weighted by Gasteiger charge is -2.43. The molecule has 13 heteroatoms. The van der Waals surface area contributed by atoms with Crippen LogP contribution in [0.4, 0.5) is 33.1 Å². The molecule has 282 valence electrons. The van der Waals surface area contributed by atoms with Crippen molar-refractivity contribution in [1.29, 1.82) is 0 Å². The Balaban J connectivity index is 0.978. The van der Waals surface area contributed by atoms with Crippen LogP contribution in [-0.4, -0.2) is 90.7 Å². The van der Waals surface area contributed by atoms with Crippen molar-refractivity contribution in [3.63, 3.8) is 0 Å². The molecule has 1 amide bonds. The lowest BCUT2D eigenvalue weighted by Crippen LogP contribution is -2.53. The van der Waals surface area contributed by atoms with Gasteiger partial charge in [0.15, 0.2) is 5.82 Å². The van der Waals surface area contributed by atoms with Gasteiger partial charge in [0, 0.05) is 76.0 Å². The van der Waals surface area contributed by atoms with E-state index in [4.69, 9.17) is 14.3 Å².